The Bertz CT molecular complexity index is 108. The van der Waals surface area contributed by atoms with Crippen LogP contribution < -0.4 is 0 Å². The van der Waals surface area contributed by atoms with Gasteiger partial charge in [-0.1, -0.05) is 65.9 Å². The van der Waals surface area contributed by atoms with Crippen LogP contribution in [0.4, 0.5) is 0 Å². The van der Waals surface area contributed by atoms with Crippen molar-refractivity contribution in [2.75, 3.05) is 6.16 Å². The molecule has 0 spiro atoms. The molecule has 0 atom stereocenters. The maximum absolute atomic E-state index is 2.27. The van der Waals surface area contributed by atoms with Crippen LogP contribution in [0.1, 0.15) is 58.8 Å². The van der Waals surface area contributed by atoms with Gasteiger partial charge in [-0.25, -0.2) is 0 Å². The molecule has 0 saturated carbocycles. The average Bonchev–Trinajstić information content (AvgIpc) is 2.16. The van der Waals surface area contributed by atoms with E-state index in [0.29, 0.717) is 0 Å². The minimum atomic E-state index is 1.36. The van der Waals surface area contributed by atoms with E-state index in [0.717, 1.165) is 0 Å². The van der Waals surface area contributed by atoms with Crippen LogP contribution in [-0.2, 0) is 0 Å². The van der Waals surface area contributed by atoms with E-state index in [1.54, 1.807) is 0 Å². The van der Waals surface area contributed by atoms with E-state index in [2.05, 4.69) is 25.7 Å². The molecule has 0 rings (SSSR count). The topological polar surface area (TPSA) is 0 Å². The summed E-state index contributed by atoms with van der Waals surface area (Å²) >= 11 is 0. The van der Waals surface area contributed by atoms with Crippen LogP contribution in [0.2, 0.25) is 0 Å². The first-order valence-corrected chi connectivity index (χ1v) is 6.84. The van der Waals surface area contributed by atoms with Gasteiger partial charge >= 0.3 is 0 Å². The fraction of sp³-hybridized carbons (Fsp3) is 0.833. The number of rotatable bonds is 9. The number of allylic oxidation sites excluding steroid dienone is 1. The van der Waals surface area contributed by atoms with Crippen LogP contribution in [0.25, 0.3) is 0 Å². The lowest BCUT2D eigenvalue weighted by molar-refractivity contribution is 0.603. The van der Waals surface area contributed by atoms with E-state index in [1.807, 2.05) is 0 Å². The molecule has 0 saturated heterocycles. The van der Waals surface area contributed by atoms with Crippen LogP contribution in [0.3, 0.4) is 0 Å². The maximum atomic E-state index is 2.27. The quantitative estimate of drug-likeness (QED) is 0.353. The molecule has 1 radical (unpaired) electrons. The zero-order chi connectivity index (χ0) is 9.78. The first kappa shape index (κ1) is 13.2. The Kier molecular flexibility index (Phi) is 12.3. The van der Waals surface area contributed by atoms with Gasteiger partial charge in [0.05, 0.1) is 0 Å². The summed E-state index contributed by atoms with van der Waals surface area (Å²) in [5.41, 5.74) is 0. The van der Waals surface area contributed by atoms with Gasteiger partial charge in [0.25, 0.3) is 0 Å². The predicted octanol–water partition coefficient (Wildman–Crippen LogP) is 5.22. The number of hydrogen-bond donors (Lipinski definition) is 0. The largest absolute Gasteiger partial charge is 0.0868 e. The van der Waals surface area contributed by atoms with Crippen LogP contribution in [0.15, 0.2) is 11.9 Å². The van der Waals surface area contributed by atoms with Crippen molar-refractivity contribution in [2.45, 2.75) is 58.8 Å². The monoisotopic (exact) mass is 199 g/mol. The average molecular weight is 199 g/mol. The molecule has 13 heavy (non-hydrogen) atoms. The second kappa shape index (κ2) is 12.2. The van der Waals surface area contributed by atoms with Crippen molar-refractivity contribution in [1.82, 2.24) is 0 Å². The highest BCUT2D eigenvalue weighted by atomic mass is 31.1. The Morgan fingerprint density at radius 2 is 1.54 bits per heavy atom. The summed E-state index contributed by atoms with van der Waals surface area (Å²) in [7, 11) is 1.50. The van der Waals surface area contributed by atoms with E-state index in [9.17, 15) is 0 Å². The summed E-state index contributed by atoms with van der Waals surface area (Å²) in [6, 6.07) is 0. The molecule has 0 nitrogen and oxygen atoms in total. The minimum Gasteiger partial charge on any atom is -0.0868 e. The SMILES string of the molecule is C/C=C\[P]CCCCCCCCC. The molecule has 0 aliphatic rings. The van der Waals surface area contributed by atoms with E-state index >= 15 is 0 Å². The molecular formula is C12H24P. The molecule has 0 aliphatic heterocycles. The lowest BCUT2D eigenvalue weighted by atomic mass is 10.1. The Balaban J connectivity index is 2.83. The van der Waals surface area contributed by atoms with Gasteiger partial charge in [0, 0.05) is 0 Å². The molecule has 0 N–H and O–H groups in total. The number of hydrogen-bond acceptors (Lipinski definition) is 0. The smallest absolute Gasteiger partial charge is 0.0250 e. The summed E-state index contributed by atoms with van der Waals surface area (Å²) < 4.78 is 0. The summed E-state index contributed by atoms with van der Waals surface area (Å²) in [4.78, 5) is 0. The molecule has 0 aromatic carbocycles. The lowest BCUT2D eigenvalue weighted by Crippen LogP contribution is -1.80. The molecule has 77 valence electrons. The summed E-state index contributed by atoms with van der Waals surface area (Å²) in [5.74, 6) is 2.25. The Morgan fingerprint density at radius 1 is 0.923 bits per heavy atom. The van der Waals surface area contributed by atoms with Gasteiger partial charge in [-0.15, -0.1) is 0 Å². The standard InChI is InChI=1S/C12H24P/c1-3-5-6-7-8-9-10-12-13-11-4-2/h4,11H,3,5-10,12H2,1-2H3/b11-4-. The van der Waals surface area contributed by atoms with Crippen molar-refractivity contribution in [1.29, 1.82) is 0 Å². The molecule has 0 aromatic heterocycles. The molecule has 0 aliphatic carbocycles. The zero-order valence-electron chi connectivity index (χ0n) is 9.26. The van der Waals surface area contributed by atoms with Crippen LogP contribution in [0.5, 0.6) is 0 Å². The highest BCUT2D eigenvalue weighted by molar-refractivity contribution is 7.41. The maximum Gasteiger partial charge on any atom is -0.0250 e. The van der Waals surface area contributed by atoms with Gasteiger partial charge < -0.3 is 0 Å². The fourth-order valence-electron chi connectivity index (χ4n) is 1.34. The van der Waals surface area contributed by atoms with Crippen LogP contribution in [-0.4, -0.2) is 6.16 Å². The summed E-state index contributed by atoms with van der Waals surface area (Å²) in [6.45, 7) is 4.37. The summed E-state index contributed by atoms with van der Waals surface area (Å²) in [6.07, 6.45) is 13.5. The Hall–Kier alpha value is 0.170. The van der Waals surface area contributed by atoms with Gasteiger partial charge in [0.1, 0.15) is 0 Å². The molecule has 0 amide bonds. The second-order valence-electron chi connectivity index (χ2n) is 3.51. The third-order valence-electron chi connectivity index (χ3n) is 2.15. The second-order valence-corrected chi connectivity index (χ2v) is 4.62. The van der Waals surface area contributed by atoms with Crippen molar-refractivity contribution >= 4 is 8.58 Å². The Labute approximate surface area is 86.0 Å². The molecule has 0 fully saturated rings. The van der Waals surface area contributed by atoms with E-state index < -0.39 is 0 Å². The normalized spacial score (nSPS) is 12.2. The summed E-state index contributed by atoms with van der Waals surface area (Å²) in [5, 5.41) is 0. The molecule has 1 heteroatoms. The Morgan fingerprint density at radius 3 is 2.15 bits per heavy atom. The third-order valence-corrected chi connectivity index (χ3v) is 3.23. The lowest BCUT2D eigenvalue weighted by Gasteiger charge is -1.99. The van der Waals surface area contributed by atoms with Crippen molar-refractivity contribution in [3.8, 4) is 0 Å². The molecule has 0 heterocycles. The van der Waals surface area contributed by atoms with Crippen molar-refractivity contribution in [3.05, 3.63) is 11.9 Å². The first-order chi connectivity index (χ1) is 6.41. The molecule has 0 aromatic rings. The van der Waals surface area contributed by atoms with E-state index in [1.165, 1.54) is 59.7 Å². The van der Waals surface area contributed by atoms with Crippen molar-refractivity contribution in [3.63, 3.8) is 0 Å². The molecular weight excluding hydrogens is 175 g/mol. The van der Waals surface area contributed by atoms with Gasteiger partial charge in [0.15, 0.2) is 0 Å². The molecule has 0 bridgehead atoms. The van der Waals surface area contributed by atoms with Gasteiger partial charge in [-0.3, -0.25) is 0 Å². The van der Waals surface area contributed by atoms with E-state index in [-0.39, 0.29) is 0 Å². The van der Waals surface area contributed by atoms with Crippen LogP contribution >= 0.6 is 8.58 Å². The van der Waals surface area contributed by atoms with Gasteiger partial charge in [0.2, 0.25) is 0 Å². The first-order valence-electron chi connectivity index (χ1n) is 5.69. The third kappa shape index (κ3) is 12.2. The minimum absolute atomic E-state index is 1.36. The highest BCUT2D eigenvalue weighted by Crippen LogP contribution is 2.15. The fourth-order valence-corrected chi connectivity index (χ4v) is 2.11. The zero-order valence-corrected chi connectivity index (χ0v) is 10.2. The van der Waals surface area contributed by atoms with Crippen molar-refractivity contribution < 1.29 is 0 Å². The van der Waals surface area contributed by atoms with E-state index in [4.69, 9.17) is 0 Å². The number of unbranched alkanes of at least 4 members (excludes halogenated alkanes) is 6. The van der Waals surface area contributed by atoms with Crippen molar-refractivity contribution in [2.24, 2.45) is 0 Å². The highest BCUT2D eigenvalue weighted by Gasteiger charge is 1.89. The predicted molar refractivity (Wildman–Crippen MR) is 64.6 cm³/mol. The van der Waals surface area contributed by atoms with Gasteiger partial charge in [-0.2, -0.15) is 0 Å². The van der Waals surface area contributed by atoms with Crippen LogP contribution in [0, 0.1) is 0 Å². The van der Waals surface area contributed by atoms with Gasteiger partial charge in [-0.05, 0) is 19.5 Å². The molecule has 0 unspecified atom stereocenters.